The Balaban J connectivity index is 2.26. The molecule has 0 aliphatic carbocycles. The standard InChI is InChI=1S/C13H23NO3/c1-10-7-8-14(9-10)11(15)5-6-12(16)17-13(2,3)4/h10H,5-9H2,1-4H3. The van der Waals surface area contributed by atoms with Gasteiger partial charge in [0, 0.05) is 19.5 Å². The Morgan fingerprint density at radius 1 is 1.29 bits per heavy atom. The lowest BCUT2D eigenvalue weighted by molar-refractivity contribution is -0.156. The lowest BCUT2D eigenvalue weighted by atomic mass is 10.2. The van der Waals surface area contributed by atoms with Gasteiger partial charge in [0.2, 0.25) is 5.91 Å². The zero-order valence-electron chi connectivity index (χ0n) is 11.3. The van der Waals surface area contributed by atoms with Gasteiger partial charge in [-0.05, 0) is 33.1 Å². The molecule has 1 saturated heterocycles. The first-order valence-corrected chi connectivity index (χ1v) is 6.27. The van der Waals surface area contributed by atoms with Gasteiger partial charge in [-0.2, -0.15) is 0 Å². The number of amides is 1. The molecule has 0 aromatic heterocycles. The molecule has 0 aromatic carbocycles. The Hall–Kier alpha value is -1.06. The van der Waals surface area contributed by atoms with E-state index in [4.69, 9.17) is 4.74 Å². The van der Waals surface area contributed by atoms with E-state index in [1.807, 2.05) is 25.7 Å². The van der Waals surface area contributed by atoms with Gasteiger partial charge in [0.15, 0.2) is 0 Å². The van der Waals surface area contributed by atoms with Gasteiger partial charge in [0.1, 0.15) is 5.60 Å². The molecule has 1 heterocycles. The van der Waals surface area contributed by atoms with Crippen molar-refractivity contribution >= 4 is 11.9 Å². The van der Waals surface area contributed by atoms with Crippen LogP contribution in [-0.2, 0) is 14.3 Å². The Bertz CT molecular complexity index is 294. The number of carbonyl (C=O) groups excluding carboxylic acids is 2. The predicted molar refractivity (Wildman–Crippen MR) is 65.4 cm³/mol. The number of rotatable bonds is 3. The van der Waals surface area contributed by atoms with Crippen LogP contribution >= 0.6 is 0 Å². The highest BCUT2D eigenvalue weighted by atomic mass is 16.6. The molecule has 1 aliphatic heterocycles. The Morgan fingerprint density at radius 2 is 1.94 bits per heavy atom. The van der Waals surface area contributed by atoms with E-state index < -0.39 is 5.60 Å². The quantitative estimate of drug-likeness (QED) is 0.710. The van der Waals surface area contributed by atoms with Gasteiger partial charge in [-0.1, -0.05) is 6.92 Å². The SMILES string of the molecule is CC1CCN(C(=O)CCC(=O)OC(C)(C)C)C1. The molecule has 4 heteroatoms. The normalized spacial score (nSPS) is 20.5. The molecule has 1 rings (SSSR count). The van der Waals surface area contributed by atoms with Crippen LogP contribution in [-0.4, -0.2) is 35.5 Å². The second-order valence-electron chi connectivity index (χ2n) is 5.82. The van der Waals surface area contributed by atoms with Crippen molar-refractivity contribution in [3.63, 3.8) is 0 Å². The molecule has 0 aromatic rings. The zero-order chi connectivity index (χ0) is 13.1. The van der Waals surface area contributed by atoms with Crippen molar-refractivity contribution < 1.29 is 14.3 Å². The first-order valence-electron chi connectivity index (χ1n) is 6.27. The van der Waals surface area contributed by atoms with Crippen LogP contribution in [0.3, 0.4) is 0 Å². The first kappa shape index (κ1) is 14.0. The van der Waals surface area contributed by atoms with Crippen LogP contribution in [0.1, 0.15) is 47.0 Å². The third kappa shape index (κ3) is 5.20. The molecule has 4 nitrogen and oxygen atoms in total. The molecule has 1 aliphatic rings. The fourth-order valence-electron chi connectivity index (χ4n) is 1.92. The summed E-state index contributed by atoms with van der Waals surface area (Å²) in [5, 5.41) is 0. The van der Waals surface area contributed by atoms with E-state index in [9.17, 15) is 9.59 Å². The molecule has 0 bridgehead atoms. The Morgan fingerprint density at radius 3 is 2.41 bits per heavy atom. The second-order valence-corrected chi connectivity index (χ2v) is 5.82. The van der Waals surface area contributed by atoms with E-state index in [-0.39, 0.29) is 24.7 Å². The topological polar surface area (TPSA) is 46.6 Å². The summed E-state index contributed by atoms with van der Waals surface area (Å²) in [7, 11) is 0. The van der Waals surface area contributed by atoms with Crippen LogP contribution in [0, 0.1) is 5.92 Å². The first-order chi connectivity index (χ1) is 7.78. The fourth-order valence-corrected chi connectivity index (χ4v) is 1.92. The van der Waals surface area contributed by atoms with Crippen molar-refractivity contribution in [2.24, 2.45) is 5.92 Å². The molecule has 1 fully saturated rings. The maximum absolute atomic E-state index is 11.8. The number of hydrogen-bond acceptors (Lipinski definition) is 3. The van der Waals surface area contributed by atoms with Gasteiger partial charge in [-0.25, -0.2) is 0 Å². The molecular weight excluding hydrogens is 218 g/mol. The number of nitrogens with zero attached hydrogens (tertiary/aromatic N) is 1. The minimum absolute atomic E-state index is 0.0696. The van der Waals surface area contributed by atoms with Crippen molar-refractivity contribution in [2.75, 3.05) is 13.1 Å². The monoisotopic (exact) mass is 241 g/mol. The van der Waals surface area contributed by atoms with Crippen molar-refractivity contribution in [1.82, 2.24) is 4.90 Å². The van der Waals surface area contributed by atoms with Crippen molar-refractivity contribution in [3.8, 4) is 0 Å². The highest BCUT2D eigenvalue weighted by molar-refractivity contribution is 5.81. The van der Waals surface area contributed by atoms with E-state index >= 15 is 0 Å². The highest BCUT2D eigenvalue weighted by Crippen LogP contribution is 2.17. The molecular formula is C13H23NO3. The molecule has 1 unspecified atom stereocenters. The minimum Gasteiger partial charge on any atom is -0.460 e. The zero-order valence-corrected chi connectivity index (χ0v) is 11.3. The molecule has 0 N–H and O–H groups in total. The van der Waals surface area contributed by atoms with Gasteiger partial charge in [0.05, 0.1) is 6.42 Å². The summed E-state index contributed by atoms with van der Waals surface area (Å²) in [6.45, 7) is 9.28. The van der Waals surface area contributed by atoms with Crippen LogP contribution in [0.25, 0.3) is 0 Å². The van der Waals surface area contributed by atoms with Crippen LogP contribution in [0.4, 0.5) is 0 Å². The third-order valence-electron chi connectivity index (χ3n) is 2.74. The Kier molecular flexibility index (Phi) is 4.54. The minimum atomic E-state index is -0.470. The molecule has 1 atom stereocenters. The predicted octanol–water partition coefficient (Wildman–Crippen LogP) is 1.98. The summed E-state index contributed by atoms with van der Waals surface area (Å²) in [4.78, 5) is 25.1. The third-order valence-corrected chi connectivity index (χ3v) is 2.74. The molecule has 0 spiro atoms. The second kappa shape index (κ2) is 5.52. The van der Waals surface area contributed by atoms with Crippen LogP contribution in [0.2, 0.25) is 0 Å². The van der Waals surface area contributed by atoms with E-state index in [1.54, 1.807) is 0 Å². The lowest BCUT2D eigenvalue weighted by Crippen LogP contribution is -2.30. The average Bonchev–Trinajstić information content (AvgIpc) is 2.58. The smallest absolute Gasteiger partial charge is 0.306 e. The van der Waals surface area contributed by atoms with E-state index in [0.717, 1.165) is 19.5 Å². The van der Waals surface area contributed by atoms with Gasteiger partial charge >= 0.3 is 5.97 Å². The highest BCUT2D eigenvalue weighted by Gasteiger charge is 2.24. The summed E-state index contributed by atoms with van der Waals surface area (Å²) in [6, 6.07) is 0. The van der Waals surface area contributed by atoms with Crippen LogP contribution < -0.4 is 0 Å². The van der Waals surface area contributed by atoms with Crippen molar-refractivity contribution in [3.05, 3.63) is 0 Å². The van der Waals surface area contributed by atoms with Crippen LogP contribution in [0.5, 0.6) is 0 Å². The lowest BCUT2D eigenvalue weighted by Gasteiger charge is -2.20. The summed E-state index contributed by atoms with van der Waals surface area (Å²) >= 11 is 0. The Labute approximate surface area is 103 Å². The van der Waals surface area contributed by atoms with Crippen LogP contribution in [0.15, 0.2) is 0 Å². The van der Waals surface area contributed by atoms with Gasteiger partial charge in [-0.15, -0.1) is 0 Å². The summed E-state index contributed by atoms with van der Waals surface area (Å²) in [6.07, 6.45) is 1.51. The summed E-state index contributed by atoms with van der Waals surface area (Å²) < 4.78 is 5.16. The number of ether oxygens (including phenoxy) is 1. The van der Waals surface area contributed by atoms with Gasteiger partial charge < -0.3 is 9.64 Å². The average molecular weight is 241 g/mol. The molecule has 0 saturated carbocycles. The van der Waals surface area contributed by atoms with Gasteiger partial charge in [0.25, 0.3) is 0 Å². The molecule has 1 amide bonds. The van der Waals surface area contributed by atoms with E-state index in [0.29, 0.717) is 5.92 Å². The number of carbonyl (C=O) groups is 2. The number of hydrogen-bond donors (Lipinski definition) is 0. The molecule has 0 radical (unpaired) electrons. The summed E-state index contributed by atoms with van der Waals surface area (Å²) in [5.74, 6) is 0.360. The van der Waals surface area contributed by atoms with Gasteiger partial charge in [-0.3, -0.25) is 9.59 Å². The van der Waals surface area contributed by atoms with Crippen molar-refractivity contribution in [1.29, 1.82) is 0 Å². The largest absolute Gasteiger partial charge is 0.460 e. The van der Waals surface area contributed by atoms with Crippen molar-refractivity contribution in [2.45, 2.75) is 52.6 Å². The summed E-state index contributed by atoms with van der Waals surface area (Å²) in [5.41, 5.74) is -0.470. The maximum Gasteiger partial charge on any atom is 0.306 e. The van der Waals surface area contributed by atoms with E-state index in [1.165, 1.54) is 0 Å². The molecule has 98 valence electrons. The number of esters is 1. The number of likely N-dealkylation sites (tertiary alicyclic amines) is 1. The van der Waals surface area contributed by atoms with E-state index in [2.05, 4.69) is 6.92 Å². The molecule has 17 heavy (non-hydrogen) atoms. The maximum atomic E-state index is 11.8. The fraction of sp³-hybridized carbons (Fsp3) is 0.846.